The second-order valence-corrected chi connectivity index (χ2v) is 4.48. The molecule has 0 spiro atoms. The van der Waals surface area contributed by atoms with E-state index in [1.54, 1.807) is 6.08 Å². The number of oxazole rings is 1. The van der Waals surface area contributed by atoms with Gasteiger partial charge in [-0.25, -0.2) is 4.79 Å². The predicted octanol–water partition coefficient (Wildman–Crippen LogP) is 2.00. The van der Waals surface area contributed by atoms with Crippen LogP contribution in [0.1, 0.15) is 5.56 Å². The van der Waals surface area contributed by atoms with Crippen LogP contribution in [0.5, 0.6) is 11.5 Å². The van der Waals surface area contributed by atoms with Crippen LogP contribution in [0, 0.1) is 0 Å². The van der Waals surface area contributed by atoms with E-state index in [9.17, 15) is 4.79 Å². The summed E-state index contributed by atoms with van der Waals surface area (Å²) in [6, 6.07) is 16.9. The van der Waals surface area contributed by atoms with E-state index in [4.69, 9.17) is 9.15 Å². The molecule has 21 heavy (non-hydrogen) atoms. The topological polar surface area (TPSA) is 55.2 Å². The zero-order valence-corrected chi connectivity index (χ0v) is 11.2. The summed E-state index contributed by atoms with van der Waals surface area (Å²) in [5.41, 5.74) is 0.634. The molecule has 0 radical (unpaired) electrons. The molecule has 3 aromatic rings. The Bertz CT molecular complexity index is 907. The van der Waals surface area contributed by atoms with Crippen molar-refractivity contribution in [3.05, 3.63) is 81.5 Å². The van der Waals surface area contributed by atoms with Gasteiger partial charge in [0.15, 0.2) is 5.55 Å². The zero-order chi connectivity index (χ0) is 14.7. The van der Waals surface area contributed by atoms with Crippen LogP contribution in [-0.2, 0) is 0 Å². The minimum Gasteiger partial charge on any atom is -0.457 e. The van der Waals surface area contributed by atoms with Gasteiger partial charge < -0.3 is 14.1 Å². The van der Waals surface area contributed by atoms with Gasteiger partial charge in [0.05, 0.1) is 0 Å². The molecule has 3 rings (SSSR count). The van der Waals surface area contributed by atoms with Crippen molar-refractivity contribution in [3.8, 4) is 11.5 Å². The maximum atomic E-state index is 11.5. The van der Waals surface area contributed by atoms with E-state index in [2.05, 4.69) is 11.6 Å². The number of para-hydroxylation sites is 1. The summed E-state index contributed by atoms with van der Waals surface area (Å²) in [7, 11) is 0. The van der Waals surface area contributed by atoms with Crippen molar-refractivity contribution in [1.29, 1.82) is 0 Å². The molecule has 4 nitrogen and oxygen atoms in total. The number of ether oxygens (including phenoxy) is 1. The van der Waals surface area contributed by atoms with Crippen molar-refractivity contribution in [2.24, 2.45) is 0 Å². The van der Waals surface area contributed by atoms with Crippen LogP contribution in [0.2, 0.25) is 0 Å². The normalized spacial score (nSPS) is 11.5. The Labute approximate surface area is 120 Å². The highest BCUT2D eigenvalue weighted by Gasteiger charge is 1.99. The third-order valence-corrected chi connectivity index (χ3v) is 2.86. The Balaban J connectivity index is 1.94. The van der Waals surface area contributed by atoms with Gasteiger partial charge in [-0.05, 0) is 42.5 Å². The van der Waals surface area contributed by atoms with E-state index in [1.807, 2.05) is 54.6 Å². The lowest BCUT2D eigenvalue weighted by atomic mass is 10.2. The molecular formula is C17H13NO3. The van der Waals surface area contributed by atoms with Crippen LogP contribution in [-0.4, -0.2) is 4.98 Å². The molecule has 0 aliphatic heterocycles. The molecule has 104 valence electrons. The quantitative estimate of drug-likeness (QED) is 0.798. The molecule has 4 heteroatoms. The van der Waals surface area contributed by atoms with Gasteiger partial charge >= 0.3 is 5.63 Å². The first kappa shape index (κ1) is 13.0. The first-order chi connectivity index (χ1) is 10.2. The largest absolute Gasteiger partial charge is 0.457 e. The Morgan fingerprint density at radius 2 is 1.81 bits per heavy atom. The standard InChI is InChI=1S/C17H13NO3/c1-12-18-16(17(19)20-12)11-13-6-5-9-15(10-13)21-14-7-3-2-4-8-14/h2-11,18H,1H2. The SMILES string of the molecule is C=c1[nH]c(=Cc2cccc(Oc3ccccc3)c2)c(=O)o1. The minimum absolute atomic E-state index is 0.239. The predicted molar refractivity (Wildman–Crippen MR) is 80.6 cm³/mol. The first-order valence-corrected chi connectivity index (χ1v) is 6.43. The van der Waals surface area contributed by atoms with Crippen LogP contribution in [0.3, 0.4) is 0 Å². The van der Waals surface area contributed by atoms with Gasteiger partial charge in [0.25, 0.3) is 0 Å². The molecule has 1 N–H and O–H groups in total. The lowest BCUT2D eigenvalue weighted by Gasteiger charge is -2.05. The van der Waals surface area contributed by atoms with Crippen LogP contribution in [0.4, 0.5) is 0 Å². The lowest BCUT2D eigenvalue weighted by Crippen LogP contribution is -2.20. The van der Waals surface area contributed by atoms with Crippen molar-refractivity contribution < 1.29 is 9.15 Å². The molecule has 2 aromatic carbocycles. The van der Waals surface area contributed by atoms with Crippen LogP contribution < -0.4 is 21.3 Å². The average molecular weight is 279 g/mol. The number of H-pyrrole nitrogens is 1. The van der Waals surface area contributed by atoms with Crippen molar-refractivity contribution in [3.63, 3.8) is 0 Å². The van der Waals surface area contributed by atoms with E-state index < -0.39 is 5.63 Å². The fourth-order valence-corrected chi connectivity index (χ4v) is 1.95. The minimum atomic E-state index is -0.436. The number of hydrogen-bond donors (Lipinski definition) is 1. The Kier molecular flexibility index (Phi) is 3.43. The van der Waals surface area contributed by atoms with Crippen molar-refractivity contribution in [2.75, 3.05) is 0 Å². The van der Waals surface area contributed by atoms with Crippen molar-refractivity contribution in [1.82, 2.24) is 4.98 Å². The molecule has 0 fully saturated rings. The molecule has 0 bridgehead atoms. The van der Waals surface area contributed by atoms with E-state index in [0.29, 0.717) is 11.1 Å². The highest BCUT2D eigenvalue weighted by atomic mass is 16.5. The molecule has 0 saturated heterocycles. The molecule has 1 aromatic heterocycles. The van der Waals surface area contributed by atoms with Crippen LogP contribution >= 0.6 is 0 Å². The molecule has 0 saturated carbocycles. The van der Waals surface area contributed by atoms with Crippen molar-refractivity contribution >= 4 is 12.7 Å². The number of nitrogens with one attached hydrogen (secondary N) is 1. The van der Waals surface area contributed by atoms with E-state index in [0.717, 1.165) is 11.3 Å². The molecule has 0 atom stereocenters. The van der Waals surface area contributed by atoms with Gasteiger partial charge in [0, 0.05) is 0 Å². The maximum absolute atomic E-state index is 11.5. The maximum Gasteiger partial charge on any atom is 0.361 e. The summed E-state index contributed by atoms with van der Waals surface area (Å²) < 4.78 is 10.6. The van der Waals surface area contributed by atoms with E-state index in [1.165, 1.54) is 0 Å². The lowest BCUT2D eigenvalue weighted by molar-refractivity contribution is 0.482. The Morgan fingerprint density at radius 1 is 1.05 bits per heavy atom. The molecular weight excluding hydrogens is 266 g/mol. The van der Waals surface area contributed by atoms with Gasteiger partial charge in [-0.1, -0.05) is 30.3 Å². The number of benzene rings is 2. The highest BCUT2D eigenvalue weighted by molar-refractivity contribution is 5.51. The Morgan fingerprint density at radius 3 is 2.52 bits per heavy atom. The summed E-state index contributed by atoms with van der Waals surface area (Å²) in [6.45, 7) is 3.55. The third kappa shape index (κ3) is 3.12. The monoisotopic (exact) mass is 279 g/mol. The third-order valence-electron chi connectivity index (χ3n) is 2.86. The molecule has 1 heterocycles. The smallest absolute Gasteiger partial charge is 0.361 e. The summed E-state index contributed by atoms with van der Waals surface area (Å²) in [5.74, 6) is 1.45. The fourth-order valence-electron chi connectivity index (χ4n) is 1.95. The van der Waals surface area contributed by atoms with Crippen LogP contribution in [0.15, 0.2) is 63.8 Å². The van der Waals surface area contributed by atoms with E-state index >= 15 is 0 Å². The average Bonchev–Trinajstić information content (AvgIpc) is 2.78. The molecule has 0 unspecified atom stereocenters. The summed E-state index contributed by atoms with van der Waals surface area (Å²) in [5, 5.41) is 0.358. The molecule has 0 aliphatic rings. The van der Waals surface area contributed by atoms with Crippen LogP contribution in [0.25, 0.3) is 12.7 Å². The molecule has 0 amide bonds. The number of hydrogen-bond acceptors (Lipinski definition) is 3. The number of aromatic nitrogens is 1. The van der Waals surface area contributed by atoms with Crippen molar-refractivity contribution in [2.45, 2.75) is 0 Å². The van der Waals surface area contributed by atoms with Gasteiger partial charge in [0.2, 0.25) is 0 Å². The second-order valence-electron chi connectivity index (χ2n) is 4.48. The second kappa shape index (κ2) is 5.54. The Hall–Kier alpha value is -3.01. The summed E-state index contributed by atoms with van der Waals surface area (Å²) in [6.07, 6.45) is 1.69. The first-order valence-electron chi connectivity index (χ1n) is 6.43. The number of aromatic amines is 1. The summed E-state index contributed by atoms with van der Waals surface area (Å²) in [4.78, 5) is 14.3. The number of rotatable bonds is 3. The fraction of sp³-hybridized carbons (Fsp3) is 0. The van der Waals surface area contributed by atoms with Gasteiger partial charge in [-0.2, -0.15) is 0 Å². The summed E-state index contributed by atoms with van der Waals surface area (Å²) >= 11 is 0. The van der Waals surface area contributed by atoms with E-state index in [-0.39, 0.29) is 5.55 Å². The van der Waals surface area contributed by atoms with Gasteiger partial charge in [-0.15, -0.1) is 0 Å². The zero-order valence-electron chi connectivity index (χ0n) is 11.2. The highest BCUT2D eigenvalue weighted by Crippen LogP contribution is 2.21. The van der Waals surface area contributed by atoms with Gasteiger partial charge in [0.1, 0.15) is 16.8 Å². The van der Waals surface area contributed by atoms with Gasteiger partial charge in [-0.3, -0.25) is 0 Å². The molecule has 0 aliphatic carbocycles.